The fourth-order valence-corrected chi connectivity index (χ4v) is 16.7. The first-order chi connectivity index (χ1) is 65.7. The van der Waals surface area contributed by atoms with Crippen LogP contribution in [0.4, 0.5) is 5.82 Å². The molecular formula is C93H143N23O21. The number of likely N-dealkylation sites (tertiary alicyclic amines) is 3. The summed E-state index contributed by atoms with van der Waals surface area (Å²) in [7, 11) is 0. The Morgan fingerprint density at radius 1 is 0.482 bits per heavy atom. The van der Waals surface area contributed by atoms with Crippen LogP contribution < -0.4 is 76.1 Å². The van der Waals surface area contributed by atoms with Gasteiger partial charge in [0.25, 0.3) is 0 Å². The SMILES string of the molecule is CC[C@H](C)[C@H](NC(=O)[C@H](CCC(=O)O)NC(=O)CCOCCOCCOCCOCCNC(=O)Cn1nc(N)c2cc(-c3c(-c4ccccc4)nn4ccccc34)nnc21)C(=O)N[C@H](C(=O)N[C@@H](CCCCN)C(=O)N[C@@H](CC(C)C)C(=O)N[C@@H](C)C(=O)N1CCC[C@H]1C(=O)N1CCC[C@H]1C(=O)N1CCC[C@H]1C(=O)N[C@@H](CCCCN)C(=O)N[C@@H](CCCCN)C(=O)N[C@@H](C)C(=O)O)[C@@H](C)CC. The number of rotatable bonds is 61. The third-order valence-electron chi connectivity index (χ3n) is 24.7. The van der Waals surface area contributed by atoms with E-state index in [9.17, 15) is 82.1 Å². The van der Waals surface area contributed by atoms with Gasteiger partial charge in [0.1, 0.15) is 84.7 Å². The molecule has 0 aliphatic carbocycles. The average molecular weight is 1920 g/mol. The third kappa shape index (κ3) is 33.2. The van der Waals surface area contributed by atoms with Crippen LogP contribution >= 0.6 is 0 Å². The van der Waals surface area contributed by atoms with Crippen LogP contribution in [0.15, 0.2) is 60.8 Å². The highest BCUT2D eigenvalue weighted by atomic mass is 16.6. The molecule has 44 nitrogen and oxygen atoms in total. The predicted molar refractivity (Wildman–Crippen MR) is 505 cm³/mol. The van der Waals surface area contributed by atoms with E-state index < -0.39 is 174 Å². The number of aliphatic carboxylic acids is 2. The number of nitrogens with two attached hydrogens (primary N) is 4. The quantitative estimate of drug-likeness (QED) is 0.0240. The molecule has 0 bridgehead atoms. The molecule has 4 aromatic heterocycles. The molecule has 20 N–H and O–H groups in total. The Morgan fingerprint density at radius 2 is 0.956 bits per heavy atom. The van der Waals surface area contributed by atoms with E-state index in [-0.39, 0.29) is 168 Å². The van der Waals surface area contributed by atoms with Crippen molar-refractivity contribution < 1.29 is 101 Å². The van der Waals surface area contributed by atoms with Crippen LogP contribution in [0.3, 0.4) is 0 Å². The minimum absolute atomic E-state index is 0.0374. The van der Waals surface area contributed by atoms with Gasteiger partial charge in [-0.3, -0.25) is 71.9 Å². The molecule has 1 aromatic carbocycles. The fraction of sp³-hybridized carbons (Fsp3) is 0.645. The number of carboxylic acid groups (broad SMARTS) is 2. The van der Waals surface area contributed by atoms with E-state index in [4.69, 9.17) is 47.0 Å². The Morgan fingerprint density at radius 3 is 1.52 bits per heavy atom. The molecule has 5 aromatic rings. The van der Waals surface area contributed by atoms with Gasteiger partial charge in [-0.05, 0) is 179 Å². The van der Waals surface area contributed by atoms with Crippen molar-refractivity contribution >= 4 is 111 Å². The molecule has 13 amide bonds. The van der Waals surface area contributed by atoms with Gasteiger partial charge in [-0.15, -0.1) is 10.2 Å². The van der Waals surface area contributed by atoms with Crippen molar-refractivity contribution in [2.75, 3.05) is 104 Å². The van der Waals surface area contributed by atoms with Gasteiger partial charge in [0.05, 0.1) is 75.0 Å². The molecule has 14 atom stereocenters. The van der Waals surface area contributed by atoms with E-state index >= 15 is 0 Å². The minimum Gasteiger partial charge on any atom is -0.481 e. The highest BCUT2D eigenvalue weighted by Gasteiger charge is 2.48. The number of nitrogens with zero attached hydrogens (tertiary/aromatic N) is 9. The van der Waals surface area contributed by atoms with Gasteiger partial charge < -0.3 is 120 Å². The Bertz CT molecular complexity index is 4850. The molecule has 0 unspecified atom stereocenters. The summed E-state index contributed by atoms with van der Waals surface area (Å²) < 4.78 is 25.6. The van der Waals surface area contributed by atoms with Crippen molar-refractivity contribution in [3.63, 3.8) is 0 Å². The van der Waals surface area contributed by atoms with Crippen LogP contribution in [-0.2, 0) is 97.4 Å². The van der Waals surface area contributed by atoms with Crippen molar-refractivity contribution in [1.29, 1.82) is 0 Å². The van der Waals surface area contributed by atoms with Crippen molar-refractivity contribution in [3.05, 3.63) is 60.8 Å². The lowest BCUT2D eigenvalue weighted by Crippen LogP contribution is -2.61. The second-order valence-corrected chi connectivity index (χ2v) is 35.6. The van der Waals surface area contributed by atoms with Gasteiger partial charge in [-0.1, -0.05) is 90.8 Å². The third-order valence-corrected chi connectivity index (χ3v) is 24.7. The highest BCUT2D eigenvalue weighted by Crippen LogP contribution is 2.36. The molecular weight excluding hydrogens is 1780 g/mol. The summed E-state index contributed by atoms with van der Waals surface area (Å²) in [6, 6.07) is 2.77. The minimum atomic E-state index is -1.42. The van der Waals surface area contributed by atoms with Crippen molar-refractivity contribution in [1.82, 2.24) is 97.5 Å². The van der Waals surface area contributed by atoms with Crippen LogP contribution in [-0.4, -0.2) is 314 Å². The lowest BCUT2D eigenvalue weighted by Gasteiger charge is -2.35. The summed E-state index contributed by atoms with van der Waals surface area (Å²) in [5.74, 6) is -12.3. The van der Waals surface area contributed by atoms with E-state index in [0.29, 0.717) is 100 Å². The lowest BCUT2D eigenvalue weighted by atomic mass is 9.94. The van der Waals surface area contributed by atoms with Gasteiger partial charge >= 0.3 is 11.9 Å². The Balaban J connectivity index is 0.768. The predicted octanol–water partition coefficient (Wildman–Crippen LogP) is 0.814. The number of hydrogen-bond donors (Lipinski definition) is 16. The maximum atomic E-state index is 14.8. The Kier molecular flexibility index (Phi) is 45.6. The highest BCUT2D eigenvalue weighted by molar-refractivity contribution is 6.01. The number of amides is 13. The average Bonchev–Trinajstić information content (AvgIpc) is 1.60. The van der Waals surface area contributed by atoms with Gasteiger partial charge in [-0.25, -0.2) is 9.20 Å². The normalized spacial score (nSPS) is 17.3. The lowest BCUT2D eigenvalue weighted by molar-refractivity contribution is -0.151. The zero-order valence-electron chi connectivity index (χ0n) is 80.1. The summed E-state index contributed by atoms with van der Waals surface area (Å²) in [5, 5.41) is 65.0. The number of nitrogens with one attached hydrogen (secondary N) is 10. The van der Waals surface area contributed by atoms with Crippen LogP contribution in [0.1, 0.15) is 190 Å². The topological polar surface area (TPSA) is 628 Å². The molecule has 0 saturated carbocycles. The van der Waals surface area contributed by atoms with E-state index in [1.165, 1.54) is 33.2 Å². The number of carboxylic acids is 2. The number of ether oxygens (including phenoxy) is 4. The second kappa shape index (κ2) is 56.7. The van der Waals surface area contributed by atoms with Gasteiger partial charge in [0, 0.05) is 50.8 Å². The zero-order chi connectivity index (χ0) is 99.8. The van der Waals surface area contributed by atoms with E-state index in [1.54, 1.807) is 38.3 Å². The molecule has 3 saturated heterocycles. The molecule has 3 aliphatic heterocycles. The van der Waals surface area contributed by atoms with Crippen LogP contribution in [0.2, 0.25) is 0 Å². The first-order valence-corrected chi connectivity index (χ1v) is 48.0. The maximum Gasteiger partial charge on any atom is 0.325 e. The molecule has 756 valence electrons. The van der Waals surface area contributed by atoms with Crippen molar-refractivity contribution in [2.24, 2.45) is 35.0 Å². The number of benzene rings is 1. The van der Waals surface area contributed by atoms with Crippen LogP contribution in [0.25, 0.3) is 39.1 Å². The summed E-state index contributed by atoms with van der Waals surface area (Å²) in [4.78, 5) is 213. The number of aromatic nitrogens is 6. The number of unbranched alkanes of at least 4 members (excludes halogenated alkanes) is 3. The van der Waals surface area contributed by atoms with Gasteiger partial charge in [0.15, 0.2) is 11.5 Å². The van der Waals surface area contributed by atoms with E-state index in [0.717, 1.165) is 22.3 Å². The molecule has 8 rings (SSSR count). The summed E-state index contributed by atoms with van der Waals surface area (Å²) >= 11 is 0. The zero-order valence-corrected chi connectivity index (χ0v) is 80.1. The molecule has 7 heterocycles. The number of carbonyl (C=O) groups excluding carboxylic acids is 13. The standard InChI is InChI=1S/C93H143N23O21/c1-9-57(5)77(107-89(128)78(58(6)10-2)106-85(124)66(34-35-75(119)120)101-73(117)36-45-134-47-49-136-51-52-137-50-48-135-46-40-98-74(118)55-116-81-62(80(97)111-116)54-67(108-109-81)76-69-30-17-21-44-115(69)110-79(76)61-25-12-11-13-26-61)88(127)104-65(29-16-20-39-96)84(123)105-68(53-56(3)4)86(125)99-59(7)90(129)113-42-23-32-71(113)92(131)114-43-24-33-72(114)91(130)112-41-22-31-70(112)87(126)103-64(28-15-19-38-95)83(122)102-63(27-14-18-37-94)82(121)100-60(8)93(132)133/h11-13,17,21,25-26,30,44,54,56-60,63-66,68,70-72,77-78H,9-10,14-16,18-20,22-24,27-29,31-43,45-53,55,94-96H2,1-8H3,(H2,97,111)(H,98,118)(H,99,125)(H,100,121)(H,101,117)(H,102,122)(H,103,126)(H,104,127)(H,105,123)(H,106,124)(H,107,128)(H,119,120)(H,132,133)/t57-,58-,59-,60-,63-,64-,65-,66-,68-,70-,71-,72-,77-,78-/m0/s1. The van der Waals surface area contributed by atoms with E-state index in [2.05, 4.69) is 68.5 Å². The number of anilines is 1. The first-order valence-electron chi connectivity index (χ1n) is 48.0. The van der Waals surface area contributed by atoms with Crippen LogP contribution in [0, 0.1) is 17.8 Å². The van der Waals surface area contributed by atoms with Gasteiger partial charge in [0.2, 0.25) is 76.8 Å². The van der Waals surface area contributed by atoms with Gasteiger partial charge in [-0.2, -0.15) is 10.2 Å². The fourth-order valence-electron chi connectivity index (χ4n) is 16.7. The monoisotopic (exact) mass is 1920 g/mol. The van der Waals surface area contributed by atoms with Crippen LogP contribution in [0.5, 0.6) is 0 Å². The number of carbonyl (C=O) groups is 15. The van der Waals surface area contributed by atoms with Crippen molar-refractivity contribution in [3.8, 4) is 22.5 Å². The number of pyridine rings is 1. The van der Waals surface area contributed by atoms with E-state index in [1.807, 2.05) is 68.6 Å². The number of hydrogen-bond acceptors (Lipinski definition) is 27. The molecule has 137 heavy (non-hydrogen) atoms. The summed E-state index contributed by atoms with van der Waals surface area (Å²) in [6.45, 7) is 16.0. The Hall–Kier alpha value is -12.0. The molecule has 0 radical (unpaired) electrons. The molecule has 3 aliphatic rings. The molecule has 0 spiro atoms. The Labute approximate surface area is 798 Å². The first kappa shape index (κ1) is 110. The summed E-state index contributed by atoms with van der Waals surface area (Å²) in [6.07, 6.45) is 6.43. The second-order valence-electron chi connectivity index (χ2n) is 35.6. The maximum absolute atomic E-state index is 14.8. The smallest absolute Gasteiger partial charge is 0.325 e. The molecule has 44 heteroatoms. The summed E-state index contributed by atoms with van der Waals surface area (Å²) in [5.41, 5.74) is 27.8. The largest absolute Gasteiger partial charge is 0.481 e. The number of fused-ring (bicyclic) bond motifs is 2. The molecule has 3 fully saturated rings. The van der Waals surface area contributed by atoms with Crippen molar-refractivity contribution in [2.45, 2.75) is 269 Å². The number of nitrogen functional groups attached to an aromatic ring is 1.